The standard InChI is InChI=1S/C14H20N2O3S/c1-2-19-11-5-6-12(15)13(9-11)20(18)8-7-14(17)16-10-3-4-10/h5-6,9-10H,2-4,7-8,15H2,1H3,(H,16,17). The van der Waals surface area contributed by atoms with E-state index in [1.54, 1.807) is 18.2 Å². The van der Waals surface area contributed by atoms with E-state index in [1.807, 2.05) is 6.92 Å². The van der Waals surface area contributed by atoms with Gasteiger partial charge in [0.25, 0.3) is 0 Å². The quantitative estimate of drug-likeness (QED) is 0.746. The Labute approximate surface area is 121 Å². The molecule has 1 aliphatic rings. The number of rotatable bonds is 7. The van der Waals surface area contributed by atoms with Gasteiger partial charge in [-0.15, -0.1) is 0 Å². The Morgan fingerprint density at radius 1 is 1.50 bits per heavy atom. The highest BCUT2D eigenvalue weighted by Crippen LogP contribution is 2.23. The van der Waals surface area contributed by atoms with Crippen LogP contribution in [0.15, 0.2) is 23.1 Å². The summed E-state index contributed by atoms with van der Waals surface area (Å²) in [5.41, 5.74) is 6.30. The third kappa shape index (κ3) is 4.23. The van der Waals surface area contributed by atoms with Crippen LogP contribution in [0.4, 0.5) is 5.69 Å². The third-order valence-corrected chi connectivity index (χ3v) is 4.42. The number of benzene rings is 1. The Hall–Kier alpha value is -1.56. The predicted molar refractivity (Wildman–Crippen MR) is 79.1 cm³/mol. The van der Waals surface area contributed by atoms with E-state index >= 15 is 0 Å². The zero-order chi connectivity index (χ0) is 14.5. The minimum Gasteiger partial charge on any atom is -0.494 e. The number of nitrogen functional groups attached to an aromatic ring is 1. The van der Waals surface area contributed by atoms with Gasteiger partial charge < -0.3 is 15.8 Å². The van der Waals surface area contributed by atoms with Crippen LogP contribution in [0.5, 0.6) is 5.75 Å². The maximum Gasteiger partial charge on any atom is 0.221 e. The van der Waals surface area contributed by atoms with Crippen LogP contribution in [0.3, 0.4) is 0 Å². The predicted octanol–water partition coefficient (Wildman–Crippen LogP) is 1.44. The van der Waals surface area contributed by atoms with Gasteiger partial charge in [-0.3, -0.25) is 9.00 Å². The van der Waals surface area contributed by atoms with Gasteiger partial charge >= 0.3 is 0 Å². The third-order valence-electron chi connectivity index (χ3n) is 3.00. The Bertz CT molecular complexity index is 515. The number of anilines is 1. The van der Waals surface area contributed by atoms with Gasteiger partial charge in [-0.1, -0.05) is 0 Å². The number of carbonyl (C=O) groups is 1. The Morgan fingerprint density at radius 2 is 2.25 bits per heavy atom. The lowest BCUT2D eigenvalue weighted by molar-refractivity contribution is -0.120. The average molecular weight is 296 g/mol. The first kappa shape index (κ1) is 14.8. The lowest BCUT2D eigenvalue weighted by atomic mass is 10.3. The van der Waals surface area contributed by atoms with Crippen molar-refractivity contribution in [3.05, 3.63) is 18.2 Å². The zero-order valence-corrected chi connectivity index (χ0v) is 12.4. The second-order valence-corrected chi connectivity index (χ2v) is 6.31. The number of nitrogens with one attached hydrogen (secondary N) is 1. The molecule has 1 amide bonds. The number of amides is 1. The molecule has 1 saturated carbocycles. The van der Waals surface area contributed by atoms with Crippen molar-refractivity contribution in [2.75, 3.05) is 18.1 Å². The molecule has 20 heavy (non-hydrogen) atoms. The summed E-state index contributed by atoms with van der Waals surface area (Å²) in [5.74, 6) is 0.881. The summed E-state index contributed by atoms with van der Waals surface area (Å²) < 4.78 is 17.6. The van der Waals surface area contributed by atoms with E-state index in [9.17, 15) is 9.00 Å². The summed E-state index contributed by atoms with van der Waals surface area (Å²) in [6.07, 6.45) is 2.36. The molecule has 1 fully saturated rings. The molecule has 0 spiro atoms. The summed E-state index contributed by atoms with van der Waals surface area (Å²) in [4.78, 5) is 12.1. The first-order valence-corrected chi connectivity index (χ1v) is 8.12. The maximum atomic E-state index is 12.2. The van der Waals surface area contributed by atoms with Crippen LogP contribution in [0.1, 0.15) is 26.2 Å². The van der Waals surface area contributed by atoms with Gasteiger partial charge in [0.15, 0.2) is 0 Å². The highest BCUT2D eigenvalue weighted by atomic mass is 32.2. The molecule has 0 aromatic heterocycles. The minimum absolute atomic E-state index is 0.0413. The highest BCUT2D eigenvalue weighted by Gasteiger charge is 2.23. The van der Waals surface area contributed by atoms with Crippen molar-refractivity contribution in [3.63, 3.8) is 0 Å². The molecular weight excluding hydrogens is 276 g/mol. The second kappa shape index (κ2) is 6.74. The molecule has 0 aliphatic heterocycles. The average Bonchev–Trinajstić information content (AvgIpc) is 3.22. The second-order valence-electron chi connectivity index (χ2n) is 4.77. The summed E-state index contributed by atoms with van der Waals surface area (Å²) in [6.45, 7) is 2.43. The molecule has 1 aromatic carbocycles. The molecule has 3 N–H and O–H groups in total. The van der Waals surface area contributed by atoms with Crippen LogP contribution in [-0.2, 0) is 15.6 Å². The van der Waals surface area contributed by atoms with Gasteiger partial charge in [-0.25, -0.2) is 0 Å². The molecule has 5 nitrogen and oxygen atoms in total. The molecule has 0 radical (unpaired) electrons. The summed E-state index contributed by atoms with van der Waals surface area (Å²) in [6, 6.07) is 5.46. The van der Waals surface area contributed by atoms with Crippen molar-refractivity contribution < 1.29 is 13.7 Å². The zero-order valence-electron chi connectivity index (χ0n) is 11.6. The number of carbonyl (C=O) groups excluding carboxylic acids is 1. The monoisotopic (exact) mass is 296 g/mol. The van der Waals surface area contributed by atoms with Crippen molar-refractivity contribution in [2.24, 2.45) is 0 Å². The smallest absolute Gasteiger partial charge is 0.221 e. The van der Waals surface area contributed by atoms with Crippen molar-refractivity contribution >= 4 is 22.4 Å². The van der Waals surface area contributed by atoms with Crippen LogP contribution in [-0.4, -0.2) is 28.5 Å². The molecule has 110 valence electrons. The lowest BCUT2D eigenvalue weighted by Gasteiger charge is -2.09. The van der Waals surface area contributed by atoms with Gasteiger partial charge in [0, 0.05) is 23.9 Å². The number of hydrogen-bond acceptors (Lipinski definition) is 4. The minimum atomic E-state index is -1.29. The van der Waals surface area contributed by atoms with Crippen LogP contribution < -0.4 is 15.8 Å². The van der Waals surface area contributed by atoms with E-state index in [4.69, 9.17) is 10.5 Å². The summed E-state index contributed by atoms with van der Waals surface area (Å²) >= 11 is 0. The molecule has 6 heteroatoms. The van der Waals surface area contributed by atoms with E-state index in [-0.39, 0.29) is 18.1 Å². The first-order chi connectivity index (χ1) is 9.60. The fourth-order valence-corrected chi connectivity index (χ4v) is 2.96. The van der Waals surface area contributed by atoms with E-state index in [2.05, 4.69) is 5.32 Å². The number of nitrogens with two attached hydrogens (primary N) is 1. The molecule has 1 atom stereocenters. The van der Waals surface area contributed by atoms with Crippen molar-refractivity contribution in [1.82, 2.24) is 5.32 Å². The van der Waals surface area contributed by atoms with Gasteiger partial charge in [-0.2, -0.15) is 0 Å². The summed E-state index contributed by atoms with van der Waals surface area (Å²) in [7, 11) is -1.29. The molecule has 2 rings (SSSR count). The largest absolute Gasteiger partial charge is 0.494 e. The van der Waals surface area contributed by atoms with Crippen LogP contribution in [0.25, 0.3) is 0 Å². The SMILES string of the molecule is CCOc1ccc(N)c(S(=O)CCC(=O)NC2CC2)c1. The van der Waals surface area contributed by atoms with E-state index in [1.165, 1.54) is 0 Å². The molecule has 0 heterocycles. The van der Waals surface area contributed by atoms with Crippen LogP contribution >= 0.6 is 0 Å². The Balaban J connectivity index is 1.93. The summed E-state index contributed by atoms with van der Waals surface area (Å²) in [5, 5.41) is 2.88. The lowest BCUT2D eigenvalue weighted by Crippen LogP contribution is -2.26. The fourth-order valence-electron chi connectivity index (χ4n) is 1.79. The number of ether oxygens (including phenoxy) is 1. The van der Waals surface area contributed by atoms with Crippen LogP contribution in [0.2, 0.25) is 0 Å². The molecule has 1 unspecified atom stereocenters. The number of hydrogen-bond donors (Lipinski definition) is 2. The Morgan fingerprint density at radius 3 is 2.90 bits per heavy atom. The van der Waals surface area contributed by atoms with Gasteiger partial charge in [0.05, 0.1) is 22.3 Å². The maximum absolute atomic E-state index is 12.2. The molecule has 1 aromatic rings. The van der Waals surface area contributed by atoms with Gasteiger partial charge in [0.1, 0.15) is 5.75 Å². The Kier molecular flexibility index (Phi) is 5.00. The van der Waals surface area contributed by atoms with Crippen molar-refractivity contribution in [3.8, 4) is 5.75 Å². The molecule has 1 aliphatic carbocycles. The van der Waals surface area contributed by atoms with Gasteiger partial charge in [-0.05, 0) is 38.0 Å². The van der Waals surface area contributed by atoms with E-state index < -0.39 is 10.8 Å². The highest BCUT2D eigenvalue weighted by molar-refractivity contribution is 7.85. The van der Waals surface area contributed by atoms with Crippen molar-refractivity contribution in [2.45, 2.75) is 37.1 Å². The van der Waals surface area contributed by atoms with Gasteiger partial charge in [0.2, 0.25) is 5.91 Å². The van der Waals surface area contributed by atoms with E-state index in [0.29, 0.717) is 29.0 Å². The molecular formula is C14H20N2O3S. The molecule has 0 bridgehead atoms. The van der Waals surface area contributed by atoms with Crippen molar-refractivity contribution in [1.29, 1.82) is 0 Å². The van der Waals surface area contributed by atoms with Crippen LogP contribution in [0, 0.1) is 0 Å². The normalized spacial score (nSPS) is 15.7. The topological polar surface area (TPSA) is 81.4 Å². The van der Waals surface area contributed by atoms with E-state index in [0.717, 1.165) is 12.8 Å². The molecule has 0 saturated heterocycles. The first-order valence-electron chi connectivity index (χ1n) is 6.80. The fraction of sp³-hybridized carbons (Fsp3) is 0.500.